The first kappa shape index (κ1) is 21.5. The van der Waals surface area contributed by atoms with E-state index in [0.717, 1.165) is 34.5 Å². The van der Waals surface area contributed by atoms with Crippen molar-refractivity contribution in [1.29, 1.82) is 0 Å². The predicted octanol–water partition coefficient (Wildman–Crippen LogP) is 4.52. The second-order valence-electron chi connectivity index (χ2n) is 8.74. The van der Waals surface area contributed by atoms with Crippen LogP contribution in [0.15, 0.2) is 66.7 Å². The van der Waals surface area contributed by atoms with Crippen LogP contribution in [0.1, 0.15) is 28.4 Å². The molecule has 1 fully saturated rings. The van der Waals surface area contributed by atoms with E-state index in [9.17, 15) is 14.3 Å². The zero-order chi connectivity index (χ0) is 23.1. The quantitative estimate of drug-likeness (QED) is 0.641. The van der Waals surface area contributed by atoms with Crippen LogP contribution in [0.3, 0.4) is 0 Å². The fourth-order valence-corrected chi connectivity index (χ4v) is 5.45. The number of ether oxygens (including phenoxy) is 1. The molecule has 170 valence electrons. The van der Waals surface area contributed by atoms with Crippen LogP contribution in [0, 0.1) is 11.7 Å². The normalized spacial score (nSPS) is 21.5. The molecule has 6 heteroatoms. The number of carbonyl (C=O) groups is 1. The fourth-order valence-electron chi connectivity index (χ4n) is 5.45. The van der Waals surface area contributed by atoms with Gasteiger partial charge in [-0.15, -0.1) is 0 Å². The maximum Gasteiger partial charge on any atom is 0.257 e. The van der Waals surface area contributed by atoms with Crippen LogP contribution in [0.5, 0.6) is 5.75 Å². The summed E-state index contributed by atoms with van der Waals surface area (Å²) in [5.74, 6) is 0.0177. The van der Waals surface area contributed by atoms with Gasteiger partial charge in [-0.1, -0.05) is 30.3 Å². The monoisotopic (exact) mass is 446 g/mol. The van der Waals surface area contributed by atoms with Gasteiger partial charge in [0.1, 0.15) is 11.6 Å². The molecule has 0 saturated carbocycles. The SMILES string of the molecule is COc1cccc(-c2ccc3c(c2)[C@H]2[C@H](CCN2C(=O)c2ccccc2F)[C@H](CO)N3C)c1. The third kappa shape index (κ3) is 3.55. The van der Waals surface area contributed by atoms with Gasteiger partial charge in [-0.25, -0.2) is 4.39 Å². The van der Waals surface area contributed by atoms with Crippen LogP contribution in [0.2, 0.25) is 0 Å². The Labute approximate surface area is 193 Å². The van der Waals surface area contributed by atoms with E-state index in [2.05, 4.69) is 17.0 Å². The zero-order valence-electron chi connectivity index (χ0n) is 18.7. The molecule has 0 spiro atoms. The maximum atomic E-state index is 14.5. The van der Waals surface area contributed by atoms with Crippen molar-refractivity contribution in [2.45, 2.75) is 18.5 Å². The molecule has 0 aromatic heterocycles. The van der Waals surface area contributed by atoms with Gasteiger partial charge in [-0.05, 0) is 59.5 Å². The minimum Gasteiger partial charge on any atom is -0.497 e. The minimum atomic E-state index is -0.511. The fraction of sp³-hybridized carbons (Fsp3) is 0.296. The molecule has 1 N–H and O–H groups in total. The molecule has 5 nitrogen and oxygen atoms in total. The lowest BCUT2D eigenvalue weighted by molar-refractivity contribution is 0.0689. The number of methoxy groups -OCH3 is 1. The van der Waals surface area contributed by atoms with Crippen molar-refractivity contribution in [3.63, 3.8) is 0 Å². The Kier molecular flexibility index (Phi) is 5.54. The number of hydrogen-bond acceptors (Lipinski definition) is 4. The average Bonchev–Trinajstić information content (AvgIpc) is 3.29. The van der Waals surface area contributed by atoms with Gasteiger partial charge in [0.15, 0.2) is 0 Å². The molecule has 2 aliphatic rings. The number of nitrogens with zero attached hydrogens (tertiary/aromatic N) is 2. The van der Waals surface area contributed by atoms with E-state index < -0.39 is 5.82 Å². The number of carbonyl (C=O) groups excluding carboxylic acids is 1. The molecule has 1 saturated heterocycles. The van der Waals surface area contributed by atoms with E-state index in [-0.39, 0.29) is 36.1 Å². The van der Waals surface area contributed by atoms with E-state index in [4.69, 9.17) is 4.74 Å². The number of likely N-dealkylation sites (tertiary alicyclic amines) is 1. The summed E-state index contributed by atoms with van der Waals surface area (Å²) in [7, 11) is 3.63. The Morgan fingerprint density at radius 3 is 2.64 bits per heavy atom. The smallest absolute Gasteiger partial charge is 0.257 e. The number of amides is 1. The lowest BCUT2D eigenvalue weighted by Crippen LogP contribution is -2.48. The summed E-state index contributed by atoms with van der Waals surface area (Å²) in [6, 6.07) is 19.9. The number of halogens is 1. The lowest BCUT2D eigenvalue weighted by atomic mass is 9.81. The van der Waals surface area contributed by atoms with Crippen molar-refractivity contribution in [2.24, 2.45) is 5.92 Å². The number of aliphatic hydroxyl groups is 1. The highest BCUT2D eigenvalue weighted by Crippen LogP contribution is 2.49. The molecular formula is C27H27FN2O3. The lowest BCUT2D eigenvalue weighted by Gasteiger charge is -2.44. The summed E-state index contributed by atoms with van der Waals surface area (Å²) < 4.78 is 19.9. The van der Waals surface area contributed by atoms with Gasteiger partial charge in [0.05, 0.1) is 31.4 Å². The Morgan fingerprint density at radius 2 is 1.88 bits per heavy atom. The van der Waals surface area contributed by atoms with Gasteiger partial charge in [-0.2, -0.15) is 0 Å². The molecule has 5 rings (SSSR count). The van der Waals surface area contributed by atoms with E-state index in [0.29, 0.717) is 6.54 Å². The molecule has 0 aliphatic carbocycles. The van der Waals surface area contributed by atoms with Crippen LogP contribution in [-0.2, 0) is 0 Å². The van der Waals surface area contributed by atoms with Crippen molar-refractivity contribution in [3.05, 3.63) is 83.7 Å². The Morgan fingerprint density at radius 1 is 1.09 bits per heavy atom. The van der Waals surface area contributed by atoms with Crippen LogP contribution >= 0.6 is 0 Å². The van der Waals surface area contributed by atoms with Gasteiger partial charge in [0, 0.05) is 25.2 Å². The summed E-state index contributed by atoms with van der Waals surface area (Å²) in [5, 5.41) is 10.2. The number of anilines is 1. The van der Waals surface area contributed by atoms with E-state index >= 15 is 0 Å². The highest BCUT2D eigenvalue weighted by atomic mass is 19.1. The average molecular weight is 447 g/mol. The second kappa shape index (κ2) is 8.52. The Bertz CT molecular complexity index is 1200. The van der Waals surface area contributed by atoms with Crippen LogP contribution in [0.25, 0.3) is 11.1 Å². The van der Waals surface area contributed by atoms with Gasteiger partial charge in [0.2, 0.25) is 0 Å². The van der Waals surface area contributed by atoms with Crippen LogP contribution in [-0.4, -0.2) is 49.3 Å². The first-order valence-electron chi connectivity index (χ1n) is 11.2. The Hall–Kier alpha value is -3.38. The maximum absolute atomic E-state index is 14.5. The minimum absolute atomic E-state index is 0.00350. The van der Waals surface area contributed by atoms with Gasteiger partial charge in [-0.3, -0.25) is 4.79 Å². The highest BCUT2D eigenvalue weighted by molar-refractivity contribution is 5.95. The molecule has 2 heterocycles. The molecule has 33 heavy (non-hydrogen) atoms. The largest absolute Gasteiger partial charge is 0.497 e. The van der Waals surface area contributed by atoms with Crippen molar-refractivity contribution in [2.75, 3.05) is 32.2 Å². The van der Waals surface area contributed by atoms with Gasteiger partial charge >= 0.3 is 0 Å². The highest BCUT2D eigenvalue weighted by Gasteiger charge is 2.48. The molecule has 3 aromatic rings. The summed E-state index contributed by atoms with van der Waals surface area (Å²) in [5.41, 5.74) is 4.13. The summed E-state index contributed by atoms with van der Waals surface area (Å²) >= 11 is 0. The molecule has 3 aromatic carbocycles. The topological polar surface area (TPSA) is 53.0 Å². The van der Waals surface area contributed by atoms with E-state index in [1.165, 1.54) is 12.1 Å². The van der Waals surface area contributed by atoms with Crippen LogP contribution < -0.4 is 9.64 Å². The first-order chi connectivity index (χ1) is 16.0. The third-order valence-electron chi connectivity index (χ3n) is 7.12. The first-order valence-corrected chi connectivity index (χ1v) is 11.2. The molecule has 0 bridgehead atoms. The van der Waals surface area contributed by atoms with Crippen molar-refractivity contribution < 1.29 is 19.0 Å². The van der Waals surface area contributed by atoms with Crippen molar-refractivity contribution in [3.8, 4) is 16.9 Å². The number of likely N-dealkylation sites (N-methyl/N-ethyl adjacent to an activating group) is 1. The molecule has 3 atom stereocenters. The number of rotatable bonds is 4. The zero-order valence-corrected chi connectivity index (χ0v) is 18.7. The van der Waals surface area contributed by atoms with Crippen molar-refractivity contribution in [1.82, 2.24) is 4.90 Å². The molecule has 0 unspecified atom stereocenters. The molecular weight excluding hydrogens is 419 g/mol. The van der Waals surface area contributed by atoms with Gasteiger partial charge < -0.3 is 19.6 Å². The number of aliphatic hydroxyl groups excluding tert-OH is 1. The summed E-state index contributed by atoms with van der Waals surface area (Å²) in [6.45, 7) is 0.520. The second-order valence-corrected chi connectivity index (χ2v) is 8.74. The van der Waals surface area contributed by atoms with Crippen LogP contribution in [0.4, 0.5) is 10.1 Å². The predicted molar refractivity (Wildman–Crippen MR) is 126 cm³/mol. The van der Waals surface area contributed by atoms with E-state index in [1.54, 1.807) is 24.1 Å². The molecule has 1 amide bonds. The number of fused-ring (bicyclic) bond motifs is 3. The summed E-state index contributed by atoms with van der Waals surface area (Å²) in [4.78, 5) is 17.3. The van der Waals surface area contributed by atoms with Crippen molar-refractivity contribution >= 4 is 11.6 Å². The molecule has 2 aliphatic heterocycles. The van der Waals surface area contributed by atoms with Gasteiger partial charge in [0.25, 0.3) is 5.91 Å². The van der Waals surface area contributed by atoms with E-state index in [1.807, 2.05) is 37.4 Å². The molecule has 0 radical (unpaired) electrons. The third-order valence-corrected chi connectivity index (χ3v) is 7.12. The standard InChI is InChI=1S/C27H27FN2O3/c1-29-24-11-10-18(17-6-5-7-19(14-17)33-2)15-22(24)26-21(25(29)16-31)12-13-30(26)27(32)20-8-3-4-9-23(20)28/h3-11,14-15,21,25-26,31H,12-13,16H2,1-2H3/t21-,25+,26-/m1/s1. The number of benzene rings is 3. The number of hydrogen-bond donors (Lipinski definition) is 1. The summed E-state index contributed by atoms with van der Waals surface area (Å²) in [6.07, 6.45) is 0.753. The Balaban J connectivity index is 1.61.